The van der Waals surface area contributed by atoms with Crippen LogP contribution in [0.1, 0.15) is 29.6 Å². The van der Waals surface area contributed by atoms with Crippen LogP contribution >= 0.6 is 23.2 Å². The second-order valence-electron chi connectivity index (χ2n) is 7.22. The molecule has 0 bridgehead atoms. The van der Waals surface area contributed by atoms with Crippen LogP contribution in [0.2, 0.25) is 10.0 Å². The minimum atomic E-state index is -0.593. The smallest absolute Gasteiger partial charge is 0.296 e. The third-order valence-electron chi connectivity index (χ3n) is 5.26. The van der Waals surface area contributed by atoms with E-state index >= 15 is 0 Å². The molecule has 0 saturated carbocycles. The van der Waals surface area contributed by atoms with Crippen molar-refractivity contribution in [1.82, 2.24) is 4.57 Å². The van der Waals surface area contributed by atoms with E-state index in [1.165, 1.54) is 36.3 Å². The molecule has 1 saturated heterocycles. The first-order valence-electron chi connectivity index (χ1n) is 9.59. The number of fused-ring (bicyclic) bond motifs is 1. The first kappa shape index (κ1) is 19.9. The largest absolute Gasteiger partial charge is 0.493 e. The summed E-state index contributed by atoms with van der Waals surface area (Å²) in [5, 5.41) is 20.1. The van der Waals surface area contributed by atoms with Crippen molar-refractivity contribution in [2.24, 2.45) is 10.2 Å². The molecular formula is C21H21Cl2N4O2+. The van der Waals surface area contributed by atoms with E-state index in [-0.39, 0.29) is 22.2 Å². The Morgan fingerprint density at radius 3 is 2.62 bits per heavy atom. The molecule has 150 valence electrons. The zero-order valence-electron chi connectivity index (χ0n) is 15.7. The number of para-hydroxylation sites is 1. The molecule has 2 N–H and O–H groups in total. The molecule has 0 atom stereocenters. The number of rotatable bonds is 4. The summed E-state index contributed by atoms with van der Waals surface area (Å²) in [6.45, 7) is 2.81. The van der Waals surface area contributed by atoms with Crippen LogP contribution in [-0.2, 0) is 6.67 Å². The first-order valence-corrected chi connectivity index (χ1v) is 10.3. The van der Waals surface area contributed by atoms with Gasteiger partial charge in [0.1, 0.15) is 0 Å². The Balaban J connectivity index is 1.67. The summed E-state index contributed by atoms with van der Waals surface area (Å²) in [5.41, 5.74) is 1.37. The number of piperidine rings is 1. The predicted octanol–water partition coefficient (Wildman–Crippen LogP) is 4.60. The van der Waals surface area contributed by atoms with Gasteiger partial charge < -0.3 is 10.0 Å². The topological polar surface area (TPSA) is 71.4 Å². The summed E-state index contributed by atoms with van der Waals surface area (Å²) < 4.78 is 1.85. The van der Waals surface area contributed by atoms with Crippen molar-refractivity contribution in [1.29, 1.82) is 0 Å². The fourth-order valence-electron chi connectivity index (χ4n) is 3.78. The quantitative estimate of drug-likeness (QED) is 0.592. The third-order valence-corrected chi connectivity index (χ3v) is 5.81. The number of hydrogen-bond donors (Lipinski definition) is 2. The molecule has 29 heavy (non-hydrogen) atoms. The van der Waals surface area contributed by atoms with Gasteiger partial charge >= 0.3 is 0 Å². The molecule has 1 fully saturated rings. The van der Waals surface area contributed by atoms with Crippen molar-refractivity contribution >= 4 is 45.7 Å². The molecule has 1 aliphatic rings. The van der Waals surface area contributed by atoms with Crippen LogP contribution in [0.15, 0.2) is 52.7 Å². The maximum Gasteiger partial charge on any atom is 0.296 e. The minimum Gasteiger partial charge on any atom is -0.493 e. The van der Waals surface area contributed by atoms with Crippen molar-refractivity contribution in [2.45, 2.75) is 25.9 Å². The average molecular weight is 432 g/mol. The number of nitrogens with zero attached hydrogens (tertiary/aromatic N) is 3. The van der Waals surface area contributed by atoms with Gasteiger partial charge in [0.05, 0.1) is 29.2 Å². The summed E-state index contributed by atoms with van der Waals surface area (Å²) in [4.78, 5) is 13.9. The van der Waals surface area contributed by atoms with Gasteiger partial charge in [0.15, 0.2) is 12.4 Å². The second kappa shape index (κ2) is 8.53. The Kier molecular flexibility index (Phi) is 5.85. The van der Waals surface area contributed by atoms with E-state index < -0.39 is 5.91 Å². The van der Waals surface area contributed by atoms with Crippen LogP contribution in [0.5, 0.6) is 5.88 Å². The lowest BCUT2D eigenvalue weighted by Gasteiger charge is -2.24. The maximum atomic E-state index is 12.4. The van der Waals surface area contributed by atoms with Gasteiger partial charge in [-0.25, -0.2) is 0 Å². The Morgan fingerprint density at radius 2 is 1.86 bits per heavy atom. The van der Waals surface area contributed by atoms with Gasteiger partial charge in [0, 0.05) is 10.4 Å². The minimum absolute atomic E-state index is 0.0167. The molecule has 2 aromatic carbocycles. The van der Waals surface area contributed by atoms with E-state index in [1.807, 2.05) is 28.8 Å². The monoisotopic (exact) mass is 431 g/mol. The first-order chi connectivity index (χ1) is 14.0. The van der Waals surface area contributed by atoms with Crippen LogP contribution in [0.25, 0.3) is 10.9 Å². The molecule has 1 aliphatic heterocycles. The lowest BCUT2D eigenvalue weighted by molar-refractivity contribution is -0.927. The molecule has 6 nitrogen and oxygen atoms in total. The summed E-state index contributed by atoms with van der Waals surface area (Å²) in [6.07, 6.45) is 3.65. The Labute approximate surface area is 178 Å². The Morgan fingerprint density at radius 1 is 1.10 bits per heavy atom. The molecule has 1 amide bonds. The number of nitrogens with one attached hydrogen (secondary N) is 1. The van der Waals surface area contributed by atoms with E-state index in [0.717, 1.165) is 24.0 Å². The van der Waals surface area contributed by atoms with Crippen LogP contribution in [-0.4, -0.2) is 28.7 Å². The number of aromatic hydroxyl groups is 1. The number of carbonyl (C=O) groups is 1. The van der Waals surface area contributed by atoms with Crippen LogP contribution in [0.3, 0.4) is 0 Å². The fourth-order valence-corrected chi connectivity index (χ4v) is 4.27. The number of halogens is 2. The molecule has 1 aromatic heterocycles. The average Bonchev–Trinajstić information content (AvgIpc) is 2.98. The van der Waals surface area contributed by atoms with Crippen molar-refractivity contribution in [2.75, 3.05) is 13.1 Å². The van der Waals surface area contributed by atoms with Crippen LogP contribution in [0, 0.1) is 0 Å². The van der Waals surface area contributed by atoms with Crippen molar-refractivity contribution in [3.63, 3.8) is 0 Å². The zero-order valence-corrected chi connectivity index (χ0v) is 17.2. The number of quaternary nitrogens is 1. The molecule has 0 spiro atoms. The molecule has 0 aliphatic carbocycles. The Hall–Kier alpha value is -2.41. The summed E-state index contributed by atoms with van der Waals surface area (Å²) in [5.74, 6) is -0.576. The lowest BCUT2D eigenvalue weighted by Crippen LogP contribution is -3.12. The number of azo groups is 1. The van der Waals surface area contributed by atoms with E-state index in [9.17, 15) is 9.90 Å². The zero-order chi connectivity index (χ0) is 20.4. The Bertz CT molecular complexity index is 1090. The molecule has 3 aromatic rings. The number of carbonyl (C=O) groups excluding carboxylic acids is 1. The molecule has 8 heteroatoms. The van der Waals surface area contributed by atoms with Gasteiger partial charge in [-0.3, -0.25) is 9.36 Å². The van der Waals surface area contributed by atoms with E-state index in [1.54, 1.807) is 6.07 Å². The second-order valence-corrected chi connectivity index (χ2v) is 8.06. The summed E-state index contributed by atoms with van der Waals surface area (Å²) in [7, 11) is 0. The predicted molar refractivity (Wildman–Crippen MR) is 113 cm³/mol. The van der Waals surface area contributed by atoms with Crippen molar-refractivity contribution in [3.05, 3.63) is 58.1 Å². The van der Waals surface area contributed by atoms with Gasteiger partial charge in [-0.1, -0.05) is 41.4 Å². The number of amides is 1. The highest BCUT2D eigenvalue weighted by atomic mass is 35.5. The fraction of sp³-hybridized carbons (Fsp3) is 0.286. The van der Waals surface area contributed by atoms with Crippen molar-refractivity contribution in [3.8, 4) is 5.88 Å². The van der Waals surface area contributed by atoms with Gasteiger partial charge in [-0.2, -0.15) is 0 Å². The van der Waals surface area contributed by atoms with E-state index in [2.05, 4.69) is 10.2 Å². The highest BCUT2D eigenvalue weighted by molar-refractivity contribution is 6.36. The van der Waals surface area contributed by atoms with Crippen LogP contribution in [0.4, 0.5) is 5.69 Å². The normalized spacial score (nSPS) is 15.4. The van der Waals surface area contributed by atoms with Crippen molar-refractivity contribution < 1.29 is 14.8 Å². The third kappa shape index (κ3) is 4.15. The lowest BCUT2D eigenvalue weighted by atomic mass is 10.1. The van der Waals surface area contributed by atoms with E-state index in [4.69, 9.17) is 23.2 Å². The maximum absolute atomic E-state index is 12.4. The molecular weight excluding hydrogens is 411 g/mol. The summed E-state index contributed by atoms with van der Waals surface area (Å²) in [6, 6.07) is 12.2. The van der Waals surface area contributed by atoms with Crippen LogP contribution < -0.4 is 4.90 Å². The SMILES string of the molecule is O=C(N=Nc1c(O)n(C[NH+]2CCCCC2)c2ccccc12)c1ccc(Cl)cc1Cl. The molecule has 2 heterocycles. The summed E-state index contributed by atoms with van der Waals surface area (Å²) >= 11 is 12.0. The number of benzene rings is 2. The molecule has 0 unspecified atom stereocenters. The highest BCUT2D eigenvalue weighted by Gasteiger charge is 2.21. The van der Waals surface area contributed by atoms with Gasteiger partial charge in [0.25, 0.3) is 5.91 Å². The van der Waals surface area contributed by atoms with Gasteiger partial charge in [-0.05, 0) is 43.5 Å². The number of aromatic nitrogens is 1. The standard InChI is InChI=1S/C21H20Cl2N4O2/c22-14-8-9-15(17(23)12-14)20(28)25-24-19-16-6-2-3-7-18(16)27(21(19)29)13-26-10-4-1-5-11-26/h2-3,6-9,12,29H,1,4-5,10-11,13H2/p+1. The van der Waals surface area contributed by atoms with Gasteiger partial charge in [0.2, 0.25) is 5.88 Å². The molecule has 0 radical (unpaired) electrons. The van der Waals surface area contributed by atoms with E-state index in [0.29, 0.717) is 11.7 Å². The highest BCUT2D eigenvalue weighted by Crippen LogP contribution is 2.38. The molecule has 4 rings (SSSR count). The van der Waals surface area contributed by atoms with Gasteiger partial charge in [-0.15, -0.1) is 10.2 Å². The number of hydrogen-bond acceptors (Lipinski definition) is 3. The number of likely N-dealkylation sites (tertiary alicyclic amines) is 1.